The summed E-state index contributed by atoms with van der Waals surface area (Å²) in [5, 5.41) is 15.7. The molecule has 26 heavy (non-hydrogen) atoms. The Morgan fingerprint density at radius 2 is 2.00 bits per heavy atom. The van der Waals surface area contributed by atoms with Gasteiger partial charge in [-0.15, -0.1) is 0 Å². The Kier molecular flexibility index (Phi) is 3.70. The van der Waals surface area contributed by atoms with Crippen molar-refractivity contribution in [3.63, 3.8) is 0 Å². The second-order valence-electron chi connectivity index (χ2n) is 6.19. The number of aromatic nitrogens is 3. The molecule has 0 amide bonds. The Balaban J connectivity index is 1.94. The van der Waals surface area contributed by atoms with E-state index in [1.807, 2.05) is 26.0 Å². The first-order valence-corrected chi connectivity index (χ1v) is 8.17. The predicted molar refractivity (Wildman–Crippen MR) is 98.9 cm³/mol. The van der Waals surface area contributed by atoms with Gasteiger partial charge in [-0.3, -0.25) is 5.10 Å². The molecule has 2 heterocycles. The van der Waals surface area contributed by atoms with Crippen LogP contribution < -0.4 is 5.32 Å². The Morgan fingerprint density at radius 1 is 1.19 bits per heavy atom. The van der Waals surface area contributed by atoms with E-state index >= 15 is 0 Å². The number of hydrogen-bond donors (Lipinski definition) is 2. The number of imidazole rings is 1. The monoisotopic (exact) mass is 345 g/mol. The molecule has 5 nitrogen and oxygen atoms in total. The van der Waals surface area contributed by atoms with Crippen LogP contribution in [0.2, 0.25) is 0 Å². The van der Waals surface area contributed by atoms with Crippen LogP contribution in [0.3, 0.4) is 0 Å². The van der Waals surface area contributed by atoms with Crippen molar-refractivity contribution in [1.29, 1.82) is 5.26 Å². The third kappa shape index (κ3) is 2.50. The molecule has 4 rings (SSSR count). The lowest BCUT2D eigenvalue weighted by Crippen LogP contribution is -2.00. The number of hydrogen-bond acceptors (Lipinski definition) is 3. The summed E-state index contributed by atoms with van der Waals surface area (Å²) in [7, 11) is 0. The van der Waals surface area contributed by atoms with Gasteiger partial charge in [0.05, 0.1) is 0 Å². The summed E-state index contributed by atoms with van der Waals surface area (Å²) < 4.78 is 16.1. The standard InChI is InChI=1S/C20H16FN5/c1-12-7-8-17(13(2)9-12)24-20-18(15-5-3-4-6-16(15)21)25-19-14(10-22)11-23-26(19)20/h3-9,11,23-24H,1-2H3. The van der Waals surface area contributed by atoms with Crippen molar-refractivity contribution >= 4 is 17.2 Å². The van der Waals surface area contributed by atoms with Gasteiger partial charge in [-0.05, 0) is 37.6 Å². The van der Waals surface area contributed by atoms with Gasteiger partial charge < -0.3 is 5.32 Å². The second-order valence-corrected chi connectivity index (χ2v) is 6.19. The molecule has 0 aliphatic carbocycles. The fourth-order valence-electron chi connectivity index (χ4n) is 3.04. The Bertz CT molecular complexity index is 1160. The van der Waals surface area contributed by atoms with Gasteiger partial charge in [0.2, 0.25) is 0 Å². The zero-order valence-corrected chi connectivity index (χ0v) is 14.3. The molecule has 0 bridgehead atoms. The van der Waals surface area contributed by atoms with Crippen molar-refractivity contribution in [2.75, 3.05) is 5.32 Å². The van der Waals surface area contributed by atoms with Gasteiger partial charge in [-0.1, -0.05) is 29.8 Å². The minimum atomic E-state index is -0.365. The summed E-state index contributed by atoms with van der Waals surface area (Å²) in [6.07, 6.45) is 1.58. The third-order valence-corrected chi connectivity index (χ3v) is 4.34. The number of anilines is 2. The molecule has 0 radical (unpaired) electrons. The van der Waals surface area contributed by atoms with Crippen LogP contribution in [-0.4, -0.2) is 14.6 Å². The maximum absolute atomic E-state index is 14.4. The average Bonchev–Trinajstić information content (AvgIpc) is 3.17. The first-order valence-electron chi connectivity index (χ1n) is 8.17. The highest BCUT2D eigenvalue weighted by Gasteiger charge is 2.20. The Hall–Kier alpha value is -3.59. The molecule has 0 spiro atoms. The Labute approximate surface area is 149 Å². The van der Waals surface area contributed by atoms with Crippen molar-refractivity contribution in [2.24, 2.45) is 0 Å². The SMILES string of the molecule is Cc1ccc(Nc2c(-c3ccccc3F)nc3c(C#N)c[nH]n23)c(C)c1. The molecule has 0 fully saturated rings. The van der Waals surface area contributed by atoms with Crippen molar-refractivity contribution < 1.29 is 4.39 Å². The maximum Gasteiger partial charge on any atom is 0.173 e. The van der Waals surface area contributed by atoms with E-state index in [-0.39, 0.29) is 5.82 Å². The summed E-state index contributed by atoms with van der Waals surface area (Å²) in [4.78, 5) is 4.52. The lowest BCUT2D eigenvalue weighted by atomic mass is 10.1. The predicted octanol–water partition coefficient (Wildman–Crippen LogP) is 4.70. The molecule has 2 aromatic carbocycles. The number of halogens is 1. The molecule has 0 saturated heterocycles. The topological polar surface area (TPSA) is 68.9 Å². The first kappa shape index (κ1) is 15.9. The van der Waals surface area contributed by atoms with Crippen LogP contribution in [0.4, 0.5) is 15.9 Å². The highest BCUT2D eigenvalue weighted by Crippen LogP contribution is 2.34. The van der Waals surface area contributed by atoms with E-state index in [4.69, 9.17) is 0 Å². The number of H-pyrrole nitrogens is 1. The largest absolute Gasteiger partial charge is 0.338 e. The number of nitrogens with zero attached hydrogens (tertiary/aromatic N) is 3. The van der Waals surface area contributed by atoms with Crippen LogP contribution in [0.5, 0.6) is 0 Å². The van der Waals surface area contributed by atoms with Gasteiger partial charge in [0.15, 0.2) is 11.5 Å². The molecule has 6 heteroatoms. The number of benzene rings is 2. The third-order valence-electron chi connectivity index (χ3n) is 4.34. The molecule has 0 saturated carbocycles. The van der Waals surface area contributed by atoms with E-state index in [1.165, 1.54) is 6.07 Å². The summed E-state index contributed by atoms with van der Waals surface area (Å²) >= 11 is 0. The second kappa shape index (κ2) is 6.05. The van der Waals surface area contributed by atoms with Crippen LogP contribution in [0.25, 0.3) is 16.9 Å². The van der Waals surface area contributed by atoms with Crippen LogP contribution in [0, 0.1) is 31.0 Å². The zero-order chi connectivity index (χ0) is 18.3. The quantitative estimate of drug-likeness (QED) is 0.565. The molecule has 0 aliphatic rings. The van der Waals surface area contributed by atoms with Gasteiger partial charge in [-0.25, -0.2) is 13.9 Å². The molecular weight excluding hydrogens is 329 g/mol. The Morgan fingerprint density at radius 3 is 2.73 bits per heavy atom. The van der Waals surface area contributed by atoms with Gasteiger partial charge in [0.1, 0.15) is 23.1 Å². The summed E-state index contributed by atoms with van der Waals surface area (Å²) in [6, 6.07) is 14.6. The van der Waals surface area contributed by atoms with E-state index < -0.39 is 0 Å². The summed E-state index contributed by atoms with van der Waals surface area (Å²) in [6.45, 7) is 4.04. The van der Waals surface area contributed by atoms with Gasteiger partial charge in [0.25, 0.3) is 0 Å². The van der Waals surface area contributed by atoms with Crippen molar-refractivity contribution in [2.45, 2.75) is 13.8 Å². The highest BCUT2D eigenvalue weighted by atomic mass is 19.1. The minimum Gasteiger partial charge on any atom is -0.338 e. The van der Waals surface area contributed by atoms with E-state index in [2.05, 4.69) is 27.5 Å². The number of fused-ring (bicyclic) bond motifs is 1. The molecule has 0 atom stereocenters. The molecule has 2 aromatic heterocycles. The lowest BCUT2D eigenvalue weighted by Gasteiger charge is -2.11. The highest BCUT2D eigenvalue weighted by molar-refractivity contribution is 5.81. The van der Waals surface area contributed by atoms with E-state index in [0.29, 0.717) is 28.3 Å². The lowest BCUT2D eigenvalue weighted by molar-refractivity contribution is 0.631. The van der Waals surface area contributed by atoms with Crippen molar-refractivity contribution in [3.05, 3.63) is 71.2 Å². The summed E-state index contributed by atoms with van der Waals surface area (Å²) in [5.41, 5.74) is 4.79. The van der Waals surface area contributed by atoms with Crippen LogP contribution in [-0.2, 0) is 0 Å². The molecule has 128 valence electrons. The fourth-order valence-corrected chi connectivity index (χ4v) is 3.04. The van der Waals surface area contributed by atoms with Crippen LogP contribution in [0.1, 0.15) is 16.7 Å². The molecule has 0 aliphatic heterocycles. The zero-order valence-electron chi connectivity index (χ0n) is 14.3. The van der Waals surface area contributed by atoms with Crippen molar-refractivity contribution in [3.8, 4) is 17.3 Å². The molecule has 2 N–H and O–H groups in total. The van der Waals surface area contributed by atoms with Crippen LogP contribution >= 0.6 is 0 Å². The van der Waals surface area contributed by atoms with Gasteiger partial charge in [-0.2, -0.15) is 5.26 Å². The number of nitriles is 1. The molecule has 4 aromatic rings. The number of rotatable bonds is 3. The van der Waals surface area contributed by atoms with E-state index in [9.17, 15) is 9.65 Å². The molecule has 0 unspecified atom stereocenters. The number of aromatic amines is 1. The fraction of sp³-hybridized carbons (Fsp3) is 0.100. The van der Waals surface area contributed by atoms with Gasteiger partial charge in [0, 0.05) is 17.4 Å². The number of aryl methyl sites for hydroxylation is 2. The summed E-state index contributed by atoms with van der Waals surface area (Å²) in [5.74, 6) is 0.217. The first-order chi connectivity index (χ1) is 12.6. The van der Waals surface area contributed by atoms with E-state index in [1.54, 1.807) is 28.9 Å². The molecular formula is C20H16FN5. The van der Waals surface area contributed by atoms with E-state index in [0.717, 1.165) is 16.8 Å². The number of nitrogens with one attached hydrogen (secondary N) is 2. The van der Waals surface area contributed by atoms with Crippen LogP contribution in [0.15, 0.2) is 48.7 Å². The normalized spacial score (nSPS) is 10.8. The minimum absolute atomic E-state index is 0.365. The smallest absolute Gasteiger partial charge is 0.173 e. The average molecular weight is 345 g/mol. The van der Waals surface area contributed by atoms with Crippen molar-refractivity contribution in [1.82, 2.24) is 14.6 Å². The maximum atomic E-state index is 14.4. The van der Waals surface area contributed by atoms with Gasteiger partial charge >= 0.3 is 0 Å².